The van der Waals surface area contributed by atoms with Crippen molar-refractivity contribution in [3.8, 4) is 0 Å². The standard InChI is InChI=1S/C22H41ClO8/c1-21(2)22(24)31-20-19-30-18-17-29-16-15-28-14-13-27-12-11-26-10-9-25-8-6-4-3-5-7-23/h1,3-20H2,2H3. The average Bonchev–Trinajstić information content (AvgIpc) is 2.76. The Morgan fingerprint density at radius 1 is 0.581 bits per heavy atom. The van der Waals surface area contributed by atoms with Crippen LogP contribution in [0, 0.1) is 0 Å². The lowest BCUT2D eigenvalue weighted by Crippen LogP contribution is -2.15. The Morgan fingerprint density at radius 2 is 0.935 bits per heavy atom. The second kappa shape index (κ2) is 25.5. The molecule has 0 aliphatic heterocycles. The van der Waals surface area contributed by atoms with Crippen molar-refractivity contribution < 1.29 is 38.0 Å². The molecule has 0 N–H and O–H groups in total. The predicted octanol–water partition coefficient (Wildman–Crippen LogP) is 3.00. The summed E-state index contributed by atoms with van der Waals surface area (Å²) in [5.74, 6) is 0.339. The molecule has 0 aromatic heterocycles. The molecule has 0 aromatic rings. The van der Waals surface area contributed by atoms with Crippen molar-refractivity contribution in [3.05, 3.63) is 12.2 Å². The molecule has 0 aromatic carbocycles. The normalized spacial score (nSPS) is 11.0. The van der Waals surface area contributed by atoms with Crippen LogP contribution in [-0.2, 0) is 38.0 Å². The Balaban J connectivity index is 3.05. The summed E-state index contributed by atoms with van der Waals surface area (Å²) < 4.78 is 37.3. The van der Waals surface area contributed by atoms with Crippen molar-refractivity contribution in [3.63, 3.8) is 0 Å². The van der Waals surface area contributed by atoms with Crippen molar-refractivity contribution in [1.82, 2.24) is 0 Å². The molecular formula is C22H41ClO8. The minimum Gasteiger partial charge on any atom is -0.460 e. The van der Waals surface area contributed by atoms with E-state index in [-0.39, 0.29) is 6.61 Å². The average molecular weight is 469 g/mol. The number of carbonyl (C=O) groups is 1. The van der Waals surface area contributed by atoms with Crippen molar-refractivity contribution in [2.45, 2.75) is 32.6 Å². The Morgan fingerprint density at radius 3 is 1.32 bits per heavy atom. The summed E-state index contributed by atoms with van der Waals surface area (Å²) >= 11 is 5.63. The lowest BCUT2D eigenvalue weighted by Gasteiger charge is -2.08. The van der Waals surface area contributed by atoms with E-state index in [2.05, 4.69) is 6.58 Å². The Hall–Kier alpha value is -0.740. The molecule has 0 aliphatic rings. The molecule has 0 unspecified atom stereocenters. The van der Waals surface area contributed by atoms with Gasteiger partial charge in [0.1, 0.15) is 6.61 Å². The highest BCUT2D eigenvalue weighted by molar-refractivity contribution is 6.17. The van der Waals surface area contributed by atoms with Gasteiger partial charge in [0, 0.05) is 18.1 Å². The number of hydrogen-bond donors (Lipinski definition) is 0. The van der Waals surface area contributed by atoms with Crippen LogP contribution >= 0.6 is 11.6 Å². The van der Waals surface area contributed by atoms with Crippen molar-refractivity contribution in [2.75, 3.05) is 91.8 Å². The Bertz CT molecular complexity index is 409. The minimum absolute atomic E-state index is 0.212. The topological polar surface area (TPSA) is 81.7 Å². The highest BCUT2D eigenvalue weighted by atomic mass is 35.5. The lowest BCUT2D eigenvalue weighted by molar-refractivity contribution is -0.140. The number of carbonyl (C=O) groups excluding carboxylic acids is 1. The zero-order chi connectivity index (χ0) is 22.8. The van der Waals surface area contributed by atoms with E-state index < -0.39 is 5.97 Å². The quantitative estimate of drug-likeness (QED) is 0.0875. The Kier molecular flexibility index (Phi) is 24.9. The maximum absolute atomic E-state index is 11.1. The number of alkyl halides is 1. The molecule has 0 aliphatic carbocycles. The van der Waals surface area contributed by atoms with Crippen molar-refractivity contribution >= 4 is 17.6 Å². The van der Waals surface area contributed by atoms with Gasteiger partial charge >= 0.3 is 5.97 Å². The van der Waals surface area contributed by atoms with Crippen molar-refractivity contribution in [1.29, 1.82) is 0 Å². The largest absolute Gasteiger partial charge is 0.460 e. The van der Waals surface area contributed by atoms with Gasteiger partial charge in [-0.25, -0.2) is 4.79 Å². The van der Waals surface area contributed by atoms with Gasteiger partial charge < -0.3 is 33.2 Å². The highest BCUT2D eigenvalue weighted by Crippen LogP contribution is 2.01. The molecule has 0 saturated heterocycles. The van der Waals surface area contributed by atoms with E-state index in [1.807, 2.05) is 0 Å². The predicted molar refractivity (Wildman–Crippen MR) is 120 cm³/mol. The first-order valence-electron chi connectivity index (χ1n) is 11.0. The molecule has 0 amide bonds. The number of halogens is 1. The van der Waals surface area contributed by atoms with Crippen LogP contribution in [0.25, 0.3) is 0 Å². The van der Waals surface area contributed by atoms with Gasteiger partial charge in [-0.15, -0.1) is 11.6 Å². The zero-order valence-corrected chi connectivity index (χ0v) is 19.8. The van der Waals surface area contributed by atoms with Gasteiger partial charge in [0.25, 0.3) is 0 Å². The lowest BCUT2D eigenvalue weighted by atomic mass is 10.2. The van der Waals surface area contributed by atoms with E-state index in [4.69, 9.17) is 44.8 Å². The molecule has 0 fully saturated rings. The maximum atomic E-state index is 11.1. The van der Waals surface area contributed by atoms with Crippen LogP contribution in [0.4, 0.5) is 0 Å². The van der Waals surface area contributed by atoms with Gasteiger partial charge in [0.2, 0.25) is 0 Å². The van der Waals surface area contributed by atoms with E-state index in [0.717, 1.165) is 25.3 Å². The summed E-state index contributed by atoms with van der Waals surface area (Å²) in [4.78, 5) is 11.1. The molecule has 0 atom stereocenters. The van der Waals surface area contributed by atoms with Crippen LogP contribution < -0.4 is 0 Å². The third-order valence-corrected chi connectivity index (χ3v) is 4.11. The summed E-state index contributed by atoms with van der Waals surface area (Å²) in [6.07, 6.45) is 4.50. The smallest absolute Gasteiger partial charge is 0.333 e. The molecular weight excluding hydrogens is 428 g/mol. The molecule has 0 radical (unpaired) electrons. The summed E-state index contributed by atoms with van der Waals surface area (Å²) in [5.41, 5.74) is 0.378. The van der Waals surface area contributed by atoms with Crippen LogP contribution in [0.15, 0.2) is 12.2 Å². The molecule has 184 valence electrons. The molecule has 0 saturated carbocycles. The number of hydrogen-bond acceptors (Lipinski definition) is 8. The second-order valence-corrected chi connectivity index (χ2v) is 7.07. The van der Waals surface area contributed by atoms with E-state index in [0.29, 0.717) is 78.2 Å². The summed E-state index contributed by atoms with van der Waals surface area (Å²) in [6.45, 7) is 11.6. The van der Waals surface area contributed by atoms with Crippen LogP contribution in [0.2, 0.25) is 0 Å². The third-order valence-electron chi connectivity index (χ3n) is 3.84. The van der Waals surface area contributed by atoms with E-state index >= 15 is 0 Å². The second-order valence-electron chi connectivity index (χ2n) is 6.69. The van der Waals surface area contributed by atoms with E-state index in [1.165, 1.54) is 12.8 Å². The fraction of sp³-hybridized carbons (Fsp3) is 0.864. The first-order chi connectivity index (χ1) is 15.2. The Labute approximate surface area is 192 Å². The fourth-order valence-corrected chi connectivity index (χ4v) is 2.36. The molecule has 0 heterocycles. The number of unbranched alkanes of at least 4 members (excludes halogenated alkanes) is 3. The van der Waals surface area contributed by atoms with Gasteiger partial charge in [-0.2, -0.15) is 0 Å². The van der Waals surface area contributed by atoms with E-state index in [9.17, 15) is 4.79 Å². The highest BCUT2D eigenvalue weighted by Gasteiger charge is 2.01. The van der Waals surface area contributed by atoms with Crippen molar-refractivity contribution in [2.24, 2.45) is 0 Å². The van der Waals surface area contributed by atoms with Crippen LogP contribution in [0.1, 0.15) is 32.6 Å². The molecule has 9 heteroatoms. The molecule has 0 rings (SSSR count). The summed E-state index contributed by atoms with van der Waals surface area (Å²) in [7, 11) is 0. The van der Waals surface area contributed by atoms with Gasteiger partial charge in [-0.05, 0) is 19.8 Å². The summed E-state index contributed by atoms with van der Waals surface area (Å²) in [6, 6.07) is 0. The minimum atomic E-state index is -0.404. The number of esters is 1. The van der Waals surface area contributed by atoms with Gasteiger partial charge in [0.15, 0.2) is 0 Å². The SMILES string of the molecule is C=C(C)C(=O)OCCOCCOCCOCCOCCOCCOCCCCCCCl. The third kappa shape index (κ3) is 25.4. The van der Waals surface area contributed by atoms with Gasteiger partial charge in [-0.1, -0.05) is 19.4 Å². The molecule has 0 bridgehead atoms. The molecule has 0 spiro atoms. The van der Waals surface area contributed by atoms with Gasteiger partial charge in [0.05, 0.1) is 72.7 Å². The van der Waals surface area contributed by atoms with Crippen LogP contribution in [0.5, 0.6) is 0 Å². The fourth-order valence-electron chi connectivity index (χ4n) is 2.17. The van der Waals surface area contributed by atoms with Gasteiger partial charge in [-0.3, -0.25) is 0 Å². The monoisotopic (exact) mass is 468 g/mol. The first-order valence-corrected chi connectivity index (χ1v) is 11.6. The maximum Gasteiger partial charge on any atom is 0.333 e. The van der Waals surface area contributed by atoms with E-state index in [1.54, 1.807) is 6.92 Å². The first kappa shape index (κ1) is 30.3. The summed E-state index contributed by atoms with van der Waals surface area (Å²) in [5, 5.41) is 0. The molecule has 8 nitrogen and oxygen atoms in total. The van der Waals surface area contributed by atoms with Crippen LogP contribution in [-0.4, -0.2) is 97.7 Å². The molecule has 31 heavy (non-hydrogen) atoms. The zero-order valence-electron chi connectivity index (χ0n) is 19.1. The number of rotatable bonds is 25. The number of ether oxygens (including phenoxy) is 7. The van der Waals surface area contributed by atoms with Crippen LogP contribution in [0.3, 0.4) is 0 Å².